The molecular weight excluding hydrogens is 593 g/mol. The minimum absolute atomic E-state index is 0.917. The molecule has 0 N–H and O–H groups in total. The number of hydrogen-bond acceptors (Lipinski definition) is 1. The summed E-state index contributed by atoms with van der Waals surface area (Å²) < 4.78 is 6.52. The van der Waals surface area contributed by atoms with Crippen LogP contribution < -0.4 is 0 Å². The van der Waals surface area contributed by atoms with Gasteiger partial charge in [-0.2, -0.15) is 0 Å². The number of furan rings is 1. The molecule has 0 aliphatic carbocycles. The van der Waals surface area contributed by atoms with E-state index in [2.05, 4.69) is 164 Å². The van der Waals surface area contributed by atoms with Crippen LogP contribution in [0.15, 0.2) is 174 Å². The zero-order valence-electron chi connectivity index (χ0n) is 26.6. The zero-order chi connectivity index (χ0) is 32.1. The van der Waals surface area contributed by atoms with Crippen molar-refractivity contribution in [1.29, 1.82) is 0 Å². The molecule has 1 aromatic heterocycles. The quantitative estimate of drug-likeness (QED) is 0.138. The molecule has 10 aromatic carbocycles. The van der Waals surface area contributed by atoms with Gasteiger partial charge in [-0.15, -0.1) is 0 Å². The Labute approximate surface area is 282 Å². The highest BCUT2D eigenvalue weighted by Crippen LogP contribution is 2.50. The lowest BCUT2D eigenvalue weighted by Crippen LogP contribution is -1.94. The standard InChI is InChI=1S/C48H28O/c1-3-15-31-29(13-1)25-26-39-41(31)27-30-14-2-4-16-32(30)46(39)47-37-21-8-6-19-35(37)45(36-20-7-9-22-38(36)47)42-28-43-34-18-11-12-24-44(34)49-48(43)40-23-10-5-17-33(40)42/h1-28H. The maximum atomic E-state index is 6.52. The molecule has 1 heteroatoms. The summed E-state index contributed by atoms with van der Waals surface area (Å²) in [6.07, 6.45) is 0. The summed E-state index contributed by atoms with van der Waals surface area (Å²) in [6.45, 7) is 0. The molecule has 0 amide bonds. The van der Waals surface area contributed by atoms with Gasteiger partial charge in [0.25, 0.3) is 0 Å². The van der Waals surface area contributed by atoms with Crippen LogP contribution in [0.5, 0.6) is 0 Å². The maximum absolute atomic E-state index is 6.52. The Bertz CT molecular complexity index is 3100. The highest BCUT2D eigenvalue weighted by molar-refractivity contribution is 6.31. The Morgan fingerprint density at radius 2 is 0.755 bits per heavy atom. The van der Waals surface area contributed by atoms with Crippen LogP contribution in [0.4, 0.5) is 0 Å². The van der Waals surface area contributed by atoms with Crippen LogP contribution in [0.2, 0.25) is 0 Å². The number of rotatable bonds is 2. The van der Waals surface area contributed by atoms with Gasteiger partial charge in [-0.05, 0) is 99.7 Å². The normalized spacial score (nSPS) is 12.1. The van der Waals surface area contributed by atoms with E-state index < -0.39 is 0 Å². The third-order valence-electron chi connectivity index (χ3n) is 10.6. The number of hydrogen-bond donors (Lipinski definition) is 0. The molecule has 226 valence electrons. The predicted octanol–water partition coefficient (Wildman–Crippen LogP) is 13.8. The molecule has 1 nitrogen and oxygen atoms in total. The first kappa shape index (κ1) is 26.6. The van der Waals surface area contributed by atoms with Gasteiger partial charge in [0.15, 0.2) is 0 Å². The predicted molar refractivity (Wildman–Crippen MR) is 210 cm³/mol. The van der Waals surface area contributed by atoms with Gasteiger partial charge in [0.1, 0.15) is 11.2 Å². The topological polar surface area (TPSA) is 13.1 Å². The highest BCUT2D eigenvalue weighted by Gasteiger charge is 2.23. The average Bonchev–Trinajstić information content (AvgIpc) is 3.55. The van der Waals surface area contributed by atoms with Crippen LogP contribution >= 0.6 is 0 Å². The van der Waals surface area contributed by atoms with Gasteiger partial charge in [-0.25, -0.2) is 0 Å². The molecule has 1 heterocycles. The van der Waals surface area contributed by atoms with Crippen molar-refractivity contribution in [2.75, 3.05) is 0 Å². The summed E-state index contributed by atoms with van der Waals surface area (Å²) in [7, 11) is 0. The van der Waals surface area contributed by atoms with E-state index in [1.807, 2.05) is 6.07 Å². The summed E-state index contributed by atoms with van der Waals surface area (Å²) in [5.74, 6) is 0. The second-order valence-electron chi connectivity index (χ2n) is 13.1. The number of fused-ring (bicyclic) bond motifs is 11. The van der Waals surface area contributed by atoms with Crippen molar-refractivity contribution in [1.82, 2.24) is 0 Å². The minimum Gasteiger partial charge on any atom is -0.455 e. The molecule has 0 bridgehead atoms. The lowest BCUT2D eigenvalue weighted by atomic mass is 9.81. The molecule has 0 fully saturated rings. The second kappa shape index (κ2) is 10.0. The molecule has 11 aromatic rings. The first-order valence-corrected chi connectivity index (χ1v) is 16.9. The van der Waals surface area contributed by atoms with Crippen molar-refractivity contribution in [3.8, 4) is 22.3 Å². The highest BCUT2D eigenvalue weighted by atomic mass is 16.3. The summed E-state index contributed by atoms with van der Waals surface area (Å²) >= 11 is 0. The van der Waals surface area contributed by atoms with Crippen LogP contribution in [0, 0.1) is 0 Å². The molecule has 49 heavy (non-hydrogen) atoms. The van der Waals surface area contributed by atoms with Gasteiger partial charge in [0, 0.05) is 16.2 Å². The smallest absolute Gasteiger partial charge is 0.143 e. The summed E-state index contributed by atoms with van der Waals surface area (Å²) in [6, 6.07) is 62.2. The van der Waals surface area contributed by atoms with Crippen molar-refractivity contribution >= 4 is 86.6 Å². The van der Waals surface area contributed by atoms with Crippen LogP contribution in [-0.4, -0.2) is 0 Å². The maximum Gasteiger partial charge on any atom is 0.143 e. The van der Waals surface area contributed by atoms with Crippen LogP contribution in [0.3, 0.4) is 0 Å². The Morgan fingerprint density at radius 3 is 1.47 bits per heavy atom. The molecule has 0 saturated heterocycles. The molecule has 0 aliphatic heterocycles. The third-order valence-corrected chi connectivity index (χ3v) is 10.6. The fourth-order valence-electron chi connectivity index (χ4n) is 8.53. The summed E-state index contributed by atoms with van der Waals surface area (Å²) in [5, 5.41) is 17.2. The Kier molecular flexibility index (Phi) is 5.45. The minimum atomic E-state index is 0.917. The van der Waals surface area contributed by atoms with E-state index in [1.54, 1.807) is 0 Å². The van der Waals surface area contributed by atoms with Gasteiger partial charge in [0.05, 0.1) is 0 Å². The Balaban J connectivity index is 1.35. The molecule has 0 unspecified atom stereocenters. The van der Waals surface area contributed by atoms with Crippen LogP contribution in [-0.2, 0) is 0 Å². The van der Waals surface area contributed by atoms with E-state index in [9.17, 15) is 0 Å². The molecule has 0 saturated carbocycles. The molecule has 11 rings (SSSR count). The lowest BCUT2D eigenvalue weighted by Gasteiger charge is -2.21. The Morgan fingerprint density at radius 1 is 0.265 bits per heavy atom. The number of para-hydroxylation sites is 1. The lowest BCUT2D eigenvalue weighted by molar-refractivity contribution is 0.672. The van der Waals surface area contributed by atoms with Crippen LogP contribution in [0.1, 0.15) is 0 Å². The van der Waals surface area contributed by atoms with Crippen molar-refractivity contribution in [3.63, 3.8) is 0 Å². The molecule has 0 atom stereocenters. The van der Waals surface area contributed by atoms with Gasteiger partial charge in [-0.3, -0.25) is 0 Å². The zero-order valence-corrected chi connectivity index (χ0v) is 26.6. The van der Waals surface area contributed by atoms with Crippen molar-refractivity contribution in [2.45, 2.75) is 0 Å². The summed E-state index contributed by atoms with van der Waals surface area (Å²) in [4.78, 5) is 0. The fourth-order valence-corrected chi connectivity index (χ4v) is 8.53. The number of benzene rings is 10. The molecule has 0 aliphatic rings. The second-order valence-corrected chi connectivity index (χ2v) is 13.1. The SMILES string of the molecule is c1ccc2c(-c3c4ccccc4c(-c4cc5c6ccccc6oc5c5ccccc45)c4ccccc34)c3ccc4ccccc4c3cc2c1. The van der Waals surface area contributed by atoms with E-state index in [0.29, 0.717) is 0 Å². The van der Waals surface area contributed by atoms with Crippen molar-refractivity contribution in [2.24, 2.45) is 0 Å². The monoisotopic (exact) mass is 620 g/mol. The molecule has 0 spiro atoms. The molecular formula is C48H28O. The first-order valence-electron chi connectivity index (χ1n) is 16.9. The van der Waals surface area contributed by atoms with Gasteiger partial charge < -0.3 is 4.42 Å². The van der Waals surface area contributed by atoms with Gasteiger partial charge in [-0.1, -0.05) is 152 Å². The largest absolute Gasteiger partial charge is 0.455 e. The Hall–Kier alpha value is -6.44. The average molecular weight is 621 g/mol. The fraction of sp³-hybridized carbons (Fsp3) is 0. The first-order chi connectivity index (χ1) is 24.3. The third kappa shape index (κ3) is 3.70. The van der Waals surface area contributed by atoms with E-state index in [1.165, 1.54) is 81.5 Å². The van der Waals surface area contributed by atoms with E-state index >= 15 is 0 Å². The van der Waals surface area contributed by atoms with Crippen LogP contribution in [0.25, 0.3) is 109 Å². The van der Waals surface area contributed by atoms with Crippen molar-refractivity contribution in [3.05, 3.63) is 170 Å². The van der Waals surface area contributed by atoms with Gasteiger partial charge in [0.2, 0.25) is 0 Å². The summed E-state index contributed by atoms with van der Waals surface area (Å²) in [5.41, 5.74) is 6.92. The van der Waals surface area contributed by atoms with E-state index in [4.69, 9.17) is 4.42 Å². The van der Waals surface area contributed by atoms with Gasteiger partial charge >= 0.3 is 0 Å². The molecule has 0 radical (unpaired) electrons. The van der Waals surface area contributed by atoms with Crippen molar-refractivity contribution < 1.29 is 4.42 Å². The van der Waals surface area contributed by atoms with E-state index in [0.717, 1.165) is 27.3 Å². The van der Waals surface area contributed by atoms with E-state index in [-0.39, 0.29) is 0 Å².